The number of hydrogen-bond donors (Lipinski definition) is 1. The normalized spacial score (nSPS) is 18.0. The largest absolute Gasteiger partial charge is 0.326 e. The lowest BCUT2D eigenvalue weighted by molar-refractivity contribution is -0.117. The van der Waals surface area contributed by atoms with Gasteiger partial charge >= 0.3 is 0 Å². The molecule has 3 rings (SSSR count). The summed E-state index contributed by atoms with van der Waals surface area (Å²) in [5.41, 5.74) is 0.117. The van der Waals surface area contributed by atoms with Gasteiger partial charge in [-0.25, -0.2) is 17.2 Å². The number of anilines is 1. The van der Waals surface area contributed by atoms with Crippen LogP contribution in [0.2, 0.25) is 5.02 Å². The van der Waals surface area contributed by atoms with Crippen LogP contribution in [0.3, 0.4) is 0 Å². The lowest BCUT2D eigenvalue weighted by Gasteiger charge is -2.34. The van der Waals surface area contributed by atoms with E-state index in [0.717, 1.165) is 18.6 Å². The molecule has 0 saturated carbocycles. The van der Waals surface area contributed by atoms with E-state index < -0.39 is 33.6 Å². The van der Waals surface area contributed by atoms with E-state index in [1.165, 1.54) is 34.6 Å². The Hall–Kier alpha value is -2.03. The first-order chi connectivity index (χ1) is 13.3. The van der Waals surface area contributed by atoms with Crippen LogP contribution in [0.5, 0.6) is 0 Å². The number of piperidine rings is 1. The van der Waals surface area contributed by atoms with Crippen molar-refractivity contribution >= 4 is 33.2 Å². The fourth-order valence-corrected chi connectivity index (χ4v) is 5.06. The van der Waals surface area contributed by atoms with Crippen molar-refractivity contribution in [2.24, 2.45) is 0 Å². The minimum Gasteiger partial charge on any atom is -0.326 e. The molecule has 150 valence electrons. The molecule has 1 aliphatic heterocycles. The van der Waals surface area contributed by atoms with Crippen LogP contribution in [0, 0.1) is 11.6 Å². The molecule has 1 unspecified atom stereocenters. The molecule has 0 aliphatic carbocycles. The second kappa shape index (κ2) is 8.55. The predicted molar refractivity (Wildman–Crippen MR) is 103 cm³/mol. The smallest absolute Gasteiger partial charge is 0.243 e. The summed E-state index contributed by atoms with van der Waals surface area (Å²) in [5, 5.41) is 2.92. The zero-order chi connectivity index (χ0) is 20.3. The van der Waals surface area contributed by atoms with E-state index in [9.17, 15) is 22.0 Å². The van der Waals surface area contributed by atoms with Crippen LogP contribution in [-0.4, -0.2) is 31.2 Å². The number of benzene rings is 2. The standard InChI is InChI=1S/C19H19ClF2N2O3S/c20-13-4-7-16(8-5-13)28(26,27)24-10-2-1-3-15(24)12-19(25)23-14-6-9-17(21)18(22)11-14/h4-9,11,15H,1-3,10,12H2,(H,23,25). The predicted octanol–water partition coefficient (Wildman–Crippen LogP) is 4.19. The number of sulfonamides is 1. The number of nitrogens with zero attached hydrogens (tertiary/aromatic N) is 1. The molecule has 0 radical (unpaired) electrons. The lowest BCUT2D eigenvalue weighted by Crippen LogP contribution is -2.45. The van der Waals surface area contributed by atoms with Crippen molar-refractivity contribution in [1.82, 2.24) is 4.31 Å². The number of carbonyl (C=O) groups is 1. The average molecular weight is 429 g/mol. The molecule has 5 nitrogen and oxygen atoms in total. The Balaban J connectivity index is 1.74. The Labute approximate surface area is 167 Å². The molecule has 1 aliphatic rings. The molecular weight excluding hydrogens is 410 g/mol. The maximum absolute atomic E-state index is 13.3. The Bertz CT molecular complexity index is 968. The van der Waals surface area contributed by atoms with E-state index in [4.69, 9.17) is 11.6 Å². The van der Waals surface area contributed by atoms with Gasteiger partial charge in [0.1, 0.15) is 0 Å². The second-order valence-electron chi connectivity index (χ2n) is 6.60. The van der Waals surface area contributed by atoms with Gasteiger partial charge in [-0.05, 0) is 49.2 Å². The zero-order valence-electron chi connectivity index (χ0n) is 14.9. The van der Waals surface area contributed by atoms with E-state index >= 15 is 0 Å². The second-order valence-corrected chi connectivity index (χ2v) is 8.93. The van der Waals surface area contributed by atoms with Crippen molar-refractivity contribution in [3.05, 3.63) is 59.1 Å². The molecule has 0 aromatic heterocycles. The van der Waals surface area contributed by atoms with Crippen LogP contribution in [-0.2, 0) is 14.8 Å². The molecule has 2 aromatic carbocycles. The molecule has 1 atom stereocenters. The van der Waals surface area contributed by atoms with Gasteiger partial charge in [0.2, 0.25) is 15.9 Å². The van der Waals surface area contributed by atoms with Crippen LogP contribution < -0.4 is 5.32 Å². The molecule has 0 bridgehead atoms. The number of halogens is 3. The minimum atomic E-state index is -3.77. The summed E-state index contributed by atoms with van der Waals surface area (Å²) in [7, 11) is -3.77. The number of rotatable bonds is 5. The fraction of sp³-hybridized carbons (Fsp3) is 0.316. The van der Waals surface area contributed by atoms with Crippen molar-refractivity contribution in [2.45, 2.75) is 36.6 Å². The first-order valence-electron chi connectivity index (χ1n) is 8.79. The molecular formula is C19H19ClF2N2O3S. The Morgan fingerprint density at radius 1 is 1.11 bits per heavy atom. The van der Waals surface area contributed by atoms with E-state index in [0.29, 0.717) is 24.4 Å². The van der Waals surface area contributed by atoms with Crippen molar-refractivity contribution in [3.63, 3.8) is 0 Å². The highest BCUT2D eigenvalue weighted by atomic mass is 35.5. The molecule has 1 N–H and O–H groups in total. The van der Waals surface area contributed by atoms with Crippen LogP contribution in [0.15, 0.2) is 47.4 Å². The maximum Gasteiger partial charge on any atom is 0.243 e. The SMILES string of the molecule is O=C(CC1CCCCN1S(=O)(=O)c1ccc(Cl)cc1)Nc1ccc(F)c(F)c1. The average Bonchev–Trinajstić information content (AvgIpc) is 2.65. The lowest BCUT2D eigenvalue weighted by atomic mass is 10.0. The Morgan fingerprint density at radius 3 is 2.50 bits per heavy atom. The molecule has 1 amide bonds. The van der Waals surface area contributed by atoms with E-state index in [-0.39, 0.29) is 17.0 Å². The molecule has 0 spiro atoms. The topological polar surface area (TPSA) is 66.5 Å². The maximum atomic E-state index is 13.3. The van der Waals surface area contributed by atoms with E-state index in [1.54, 1.807) is 0 Å². The van der Waals surface area contributed by atoms with E-state index in [2.05, 4.69) is 5.32 Å². The van der Waals surface area contributed by atoms with Gasteiger partial charge in [-0.1, -0.05) is 18.0 Å². The van der Waals surface area contributed by atoms with Gasteiger partial charge in [0.15, 0.2) is 11.6 Å². The molecule has 2 aromatic rings. The third-order valence-corrected chi connectivity index (χ3v) is 6.84. The summed E-state index contributed by atoms with van der Waals surface area (Å²) in [6.07, 6.45) is 1.97. The summed E-state index contributed by atoms with van der Waals surface area (Å²) in [5.74, 6) is -2.54. The molecule has 1 fully saturated rings. The molecule has 28 heavy (non-hydrogen) atoms. The van der Waals surface area contributed by atoms with Gasteiger partial charge in [0.25, 0.3) is 0 Å². The summed E-state index contributed by atoms with van der Waals surface area (Å²) < 4.78 is 53.6. The van der Waals surface area contributed by atoms with Gasteiger partial charge in [0.05, 0.1) is 4.90 Å². The summed E-state index contributed by atoms with van der Waals surface area (Å²) in [6.45, 7) is 0.314. The highest BCUT2D eigenvalue weighted by molar-refractivity contribution is 7.89. The zero-order valence-corrected chi connectivity index (χ0v) is 16.4. The third kappa shape index (κ3) is 4.68. The Morgan fingerprint density at radius 2 is 1.82 bits per heavy atom. The van der Waals surface area contributed by atoms with Crippen LogP contribution in [0.1, 0.15) is 25.7 Å². The molecule has 9 heteroatoms. The summed E-state index contributed by atoms with van der Waals surface area (Å²) in [6, 6.07) is 8.42. The first-order valence-corrected chi connectivity index (χ1v) is 10.6. The van der Waals surface area contributed by atoms with Crippen LogP contribution in [0.4, 0.5) is 14.5 Å². The van der Waals surface area contributed by atoms with E-state index in [1.807, 2.05) is 0 Å². The van der Waals surface area contributed by atoms with Crippen LogP contribution >= 0.6 is 11.6 Å². The highest BCUT2D eigenvalue weighted by Gasteiger charge is 2.34. The quantitative estimate of drug-likeness (QED) is 0.776. The molecule has 1 heterocycles. The monoisotopic (exact) mass is 428 g/mol. The van der Waals surface area contributed by atoms with Gasteiger partial charge in [-0.3, -0.25) is 4.79 Å². The van der Waals surface area contributed by atoms with Crippen molar-refractivity contribution in [1.29, 1.82) is 0 Å². The highest BCUT2D eigenvalue weighted by Crippen LogP contribution is 2.28. The fourth-order valence-electron chi connectivity index (χ4n) is 3.24. The van der Waals surface area contributed by atoms with Gasteiger partial charge in [0, 0.05) is 35.8 Å². The number of carbonyl (C=O) groups excluding carboxylic acids is 1. The van der Waals surface area contributed by atoms with Gasteiger partial charge in [-0.15, -0.1) is 0 Å². The third-order valence-electron chi connectivity index (χ3n) is 4.62. The number of amides is 1. The first kappa shape index (κ1) is 20.7. The Kier molecular flexibility index (Phi) is 6.32. The summed E-state index contributed by atoms with van der Waals surface area (Å²) in [4.78, 5) is 12.5. The van der Waals surface area contributed by atoms with Crippen molar-refractivity contribution < 1.29 is 22.0 Å². The van der Waals surface area contributed by atoms with Gasteiger partial charge in [-0.2, -0.15) is 4.31 Å². The van der Waals surface area contributed by atoms with Crippen LogP contribution in [0.25, 0.3) is 0 Å². The number of hydrogen-bond acceptors (Lipinski definition) is 3. The minimum absolute atomic E-state index is 0.0776. The number of nitrogens with one attached hydrogen (secondary N) is 1. The van der Waals surface area contributed by atoms with Crippen molar-refractivity contribution in [3.8, 4) is 0 Å². The molecule has 1 saturated heterocycles. The van der Waals surface area contributed by atoms with Crippen molar-refractivity contribution in [2.75, 3.05) is 11.9 Å². The summed E-state index contributed by atoms with van der Waals surface area (Å²) >= 11 is 5.83. The van der Waals surface area contributed by atoms with Gasteiger partial charge < -0.3 is 5.32 Å².